The molecule has 0 aliphatic carbocycles. The number of carbonyl (C=O) groups excluding carboxylic acids is 1. The van der Waals surface area contributed by atoms with Crippen molar-refractivity contribution in [2.75, 3.05) is 13.1 Å². The van der Waals surface area contributed by atoms with Gasteiger partial charge in [-0.2, -0.15) is 0 Å². The van der Waals surface area contributed by atoms with Gasteiger partial charge in [0.05, 0.1) is 11.3 Å². The van der Waals surface area contributed by atoms with Gasteiger partial charge in [-0.25, -0.2) is 0 Å². The second-order valence-electron chi connectivity index (χ2n) is 5.33. The first kappa shape index (κ1) is 14.5. The second kappa shape index (κ2) is 6.00. The zero-order valence-electron chi connectivity index (χ0n) is 11.5. The van der Waals surface area contributed by atoms with E-state index in [1.807, 2.05) is 0 Å². The maximum Gasteiger partial charge on any atom is 0.273 e. The van der Waals surface area contributed by atoms with Crippen LogP contribution in [0.5, 0.6) is 0 Å². The molecular formula is C14H19N3O3. The van der Waals surface area contributed by atoms with Crippen molar-refractivity contribution in [1.82, 2.24) is 4.90 Å². The van der Waals surface area contributed by atoms with Crippen molar-refractivity contribution in [1.29, 1.82) is 0 Å². The zero-order valence-corrected chi connectivity index (χ0v) is 11.5. The van der Waals surface area contributed by atoms with E-state index in [4.69, 9.17) is 5.73 Å². The van der Waals surface area contributed by atoms with Crippen LogP contribution in [0.1, 0.15) is 18.9 Å². The topological polar surface area (TPSA) is 89.5 Å². The standard InChI is InChI=1S/C14H19N3O3/c1-10-6-7-16(9-12(10)15)14(18)8-11-4-2-3-5-13(11)17(19)20/h2-5,10,12H,6-9,15H2,1H3. The van der Waals surface area contributed by atoms with Gasteiger partial charge in [-0.1, -0.05) is 25.1 Å². The van der Waals surface area contributed by atoms with E-state index < -0.39 is 4.92 Å². The van der Waals surface area contributed by atoms with Crippen molar-refractivity contribution in [2.24, 2.45) is 11.7 Å². The zero-order chi connectivity index (χ0) is 14.7. The van der Waals surface area contributed by atoms with Crippen LogP contribution in [0.15, 0.2) is 24.3 Å². The molecule has 1 aliphatic heterocycles. The number of nitrogens with zero attached hydrogens (tertiary/aromatic N) is 2. The number of piperidine rings is 1. The van der Waals surface area contributed by atoms with Crippen LogP contribution in [0.2, 0.25) is 0 Å². The molecule has 6 heteroatoms. The molecule has 0 saturated carbocycles. The molecule has 6 nitrogen and oxygen atoms in total. The lowest BCUT2D eigenvalue weighted by atomic mass is 9.94. The molecule has 1 heterocycles. The SMILES string of the molecule is CC1CCN(C(=O)Cc2ccccc2[N+](=O)[O-])CC1N. The molecule has 1 fully saturated rings. The lowest BCUT2D eigenvalue weighted by molar-refractivity contribution is -0.385. The average molecular weight is 277 g/mol. The molecule has 0 spiro atoms. The predicted molar refractivity (Wildman–Crippen MR) is 75.1 cm³/mol. The smallest absolute Gasteiger partial charge is 0.273 e. The van der Waals surface area contributed by atoms with Crippen molar-refractivity contribution in [2.45, 2.75) is 25.8 Å². The summed E-state index contributed by atoms with van der Waals surface area (Å²) in [4.78, 5) is 24.4. The van der Waals surface area contributed by atoms with Crippen LogP contribution >= 0.6 is 0 Å². The second-order valence-corrected chi connectivity index (χ2v) is 5.33. The Balaban J connectivity index is 2.07. The molecule has 0 radical (unpaired) electrons. The molecule has 2 unspecified atom stereocenters. The van der Waals surface area contributed by atoms with Crippen LogP contribution < -0.4 is 5.73 Å². The first-order valence-corrected chi connectivity index (χ1v) is 6.74. The van der Waals surface area contributed by atoms with E-state index in [-0.39, 0.29) is 24.1 Å². The number of benzene rings is 1. The van der Waals surface area contributed by atoms with Crippen LogP contribution in [0.3, 0.4) is 0 Å². The number of hydrogen-bond acceptors (Lipinski definition) is 4. The van der Waals surface area contributed by atoms with E-state index in [1.165, 1.54) is 6.07 Å². The Morgan fingerprint density at radius 3 is 2.85 bits per heavy atom. The quantitative estimate of drug-likeness (QED) is 0.666. The Morgan fingerprint density at radius 2 is 2.20 bits per heavy atom. The van der Waals surface area contributed by atoms with Gasteiger partial charge < -0.3 is 10.6 Å². The molecule has 20 heavy (non-hydrogen) atoms. The van der Waals surface area contributed by atoms with E-state index >= 15 is 0 Å². The van der Waals surface area contributed by atoms with Gasteiger partial charge in [0.1, 0.15) is 0 Å². The molecule has 2 N–H and O–H groups in total. The van der Waals surface area contributed by atoms with Crippen molar-refractivity contribution >= 4 is 11.6 Å². The summed E-state index contributed by atoms with van der Waals surface area (Å²) in [6.07, 6.45) is 0.933. The van der Waals surface area contributed by atoms with Crippen molar-refractivity contribution in [3.05, 3.63) is 39.9 Å². The van der Waals surface area contributed by atoms with E-state index in [9.17, 15) is 14.9 Å². The molecular weight excluding hydrogens is 258 g/mol. The molecule has 1 aromatic carbocycles. The van der Waals surface area contributed by atoms with Crippen LogP contribution in [-0.4, -0.2) is 34.9 Å². The van der Waals surface area contributed by atoms with Crippen LogP contribution in [-0.2, 0) is 11.2 Å². The molecule has 108 valence electrons. The number of para-hydroxylation sites is 1. The predicted octanol–water partition coefficient (Wildman–Crippen LogP) is 1.33. The Morgan fingerprint density at radius 1 is 1.50 bits per heavy atom. The van der Waals surface area contributed by atoms with E-state index in [0.29, 0.717) is 24.6 Å². The number of likely N-dealkylation sites (tertiary alicyclic amines) is 1. The number of nitrogens with two attached hydrogens (primary N) is 1. The summed E-state index contributed by atoms with van der Waals surface area (Å²) in [5.74, 6) is 0.312. The lowest BCUT2D eigenvalue weighted by Gasteiger charge is -2.35. The fourth-order valence-corrected chi connectivity index (χ4v) is 2.44. The summed E-state index contributed by atoms with van der Waals surface area (Å²) in [6.45, 7) is 3.28. The number of nitro groups is 1. The Labute approximate surface area is 117 Å². The summed E-state index contributed by atoms with van der Waals surface area (Å²) in [5, 5.41) is 10.9. The lowest BCUT2D eigenvalue weighted by Crippen LogP contribution is -2.50. The summed E-state index contributed by atoms with van der Waals surface area (Å²) >= 11 is 0. The summed E-state index contributed by atoms with van der Waals surface area (Å²) in [5.41, 5.74) is 6.43. The van der Waals surface area contributed by atoms with E-state index in [0.717, 1.165) is 6.42 Å². The van der Waals surface area contributed by atoms with Gasteiger partial charge in [-0.05, 0) is 12.3 Å². The molecule has 2 rings (SSSR count). The molecule has 0 aromatic heterocycles. The van der Waals surface area contributed by atoms with Gasteiger partial charge in [-0.3, -0.25) is 14.9 Å². The van der Waals surface area contributed by atoms with E-state index in [2.05, 4.69) is 6.92 Å². The minimum atomic E-state index is -0.452. The first-order chi connectivity index (χ1) is 9.49. The Kier molecular flexibility index (Phi) is 4.34. The van der Waals surface area contributed by atoms with Crippen molar-refractivity contribution < 1.29 is 9.72 Å². The molecule has 1 amide bonds. The fraction of sp³-hybridized carbons (Fsp3) is 0.500. The Bertz CT molecular complexity index is 518. The molecule has 0 bridgehead atoms. The van der Waals surface area contributed by atoms with Gasteiger partial charge in [-0.15, -0.1) is 0 Å². The largest absolute Gasteiger partial charge is 0.341 e. The number of amides is 1. The third-order valence-corrected chi connectivity index (χ3v) is 3.90. The number of carbonyl (C=O) groups is 1. The number of hydrogen-bond donors (Lipinski definition) is 1. The van der Waals surface area contributed by atoms with Crippen LogP contribution in [0.25, 0.3) is 0 Å². The highest BCUT2D eigenvalue weighted by Crippen LogP contribution is 2.21. The summed E-state index contributed by atoms with van der Waals surface area (Å²) in [7, 11) is 0. The number of nitro benzene ring substituents is 1. The minimum Gasteiger partial charge on any atom is -0.341 e. The number of rotatable bonds is 3. The average Bonchev–Trinajstić information content (AvgIpc) is 2.42. The van der Waals surface area contributed by atoms with Gasteiger partial charge in [0.25, 0.3) is 5.69 Å². The van der Waals surface area contributed by atoms with Crippen molar-refractivity contribution in [3.63, 3.8) is 0 Å². The van der Waals surface area contributed by atoms with Gasteiger partial charge in [0.15, 0.2) is 0 Å². The van der Waals surface area contributed by atoms with Crippen LogP contribution in [0, 0.1) is 16.0 Å². The molecule has 1 aliphatic rings. The van der Waals surface area contributed by atoms with Gasteiger partial charge in [0, 0.05) is 30.8 Å². The molecule has 1 saturated heterocycles. The highest BCUT2D eigenvalue weighted by molar-refractivity contribution is 5.80. The normalized spacial score (nSPS) is 22.6. The monoisotopic (exact) mass is 277 g/mol. The molecule has 2 atom stereocenters. The van der Waals surface area contributed by atoms with E-state index in [1.54, 1.807) is 23.1 Å². The fourth-order valence-electron chi connectivity index (χ4n) is 2.44. The molecule has 1 aromatic rings. The Hall–Kier alpha value is -1.95. The third kappa shape index (κ3) is 3.14. The van der Waals surface area contributed by atoms with Gasteiger partial charge in [0.2, 0.25) is 5.91 Å². The van der Waals surface area contributed by atoms with Crippen molar-refractivity contribution in [3.8, 4) is 0 Å². The maximum atomic E-state index is 12.2. The van der Waals surface area contributed by atoms with Gasteiger partial charge >= 0.3 is 0 Å². The summed E-state index contributed by atoms with van der Waals surface area (Å²) in [6, 6.07) is 6.35. The maximum absolute atomic E-state index is 12.2. The first-order valence-electron chi connectivity index (χ1n) is 6.74. The van der Waals surface area contributed by atoms with Crippen LogP contribution in [0.4, 0.5) is 5.69 Å². The highest BCUT2D eigenvalue weighted by Gasteiger charge is 2.27. The third-order valence-electron chi connectivity index (χ3n) is 3.90. The minimum absolute atomic E-state index is 0.00414. The summed E-state index contributed by atoms with van der Waals surface area (Å²) < 4.78 is 0. The highest BCUT2D eigenvalue weighted by atomic mass is 16.6.